The van der Waals surface area contributed by atoms with E-state index in [9.17, 15) is 9.59 Å². The SMILES string of the molecule is CC1=NC2=C(C(=O)CC(C)(C)C2)[C@@H](c2cccc(Cl)c2Cl)C1C(=O)OC1CCCCC1. The number of ketones is 1. The molecule has 2 atom stereocenters. The van der Waals surface area contributed by atoms with Gasteiger partial charge in [-0.3, -0.25) is 14.6 Å². The van der Waals surface area contributed by atoms with Crippen LogP contribution < -0.4 is 0 Å². The van der Waals surface area contributed by atoms with Crippen LogP contribution in [0.3, 0.4) is 0 Å². The van der Waals surface area contributed by atoms with Crippen LogP contribution in [0.5, 0.6) is 0 Å². The van der Waals surface area contributed by atoms with Gasteiger partial charge in [0.15, 0.2) is 5.78 Å². The van der Waals surface area contributed by atoms with E-state index in [-0.39, 0.29) is 23.3 Å². The van der Waals surface area contributed by atoms with Crippen LogP contribution in [0.25, 0.3) is 0 Å². The van der Waals surface area contributed by atoms with Crippen molar-refractivity contribution in [1.82, 2.24) is 0 Å². The van der Waals surface area contributed by atoms with Crippen LogP contribution in [0.2, 0.25) is 10.0 Å². The monoisotopic (exact) mass is 461 g/mol. The number of ether oxygens (including phenoxy) is 1. The average molecular weight is 462 g/mol. The number of aliphatic imine (C=N–C) groups is 1. The van der Waals surface area contributed by atoms with Crippen LogP contribution in [0.4, 0.5) is 0 Å². The molecule has 0 amide bonds. The summed E-state index contributed by atoms with van der Waals surface area (Å²) >= 11 is 12.9. The lowest BCUT2D eigenvalue weighted by atomic mass is 9.67. The van der Waals surface area contributed by atoms with Gasteiger partial charge >= 0.3 is 5.97 Å². The molecule has 1 fully saturated rings. The molecule has 1 aromatic rings. The number of halogens is 2. The fourth-order valence-corrected chi connectivity index (χ4v) is 5.69. The summed E-state index contributed by atoms with van der Waals surface area (Å²) in [6, 6.07) is 5.38. The van der Waals surface area contributed by atoms with Crippen molar-refractivity contribution >= 4 is 40.7 Å². The van der Waals surface area contributed by atoms with Crippen LogP contribution in [0.1, 0.15) is 77.2 Å². The minimum atomic E-state index is -0.679. The van der Waals surface area contributed by atoms with Crippen molar-refractivity contribution in [2.24, 2.45) is 16.3 Å². The van der Waals surface area contributed by atoms with E-state index < -0.39 is 11.8 Å². The lowest BCUT2D eigenvalue weighted by molar-refractivity contribution is -0.153. The Balaban J connectivity index is 1.79. The Bertz CT molecular complexity index is 973. The minimum absolute atomic E-state index is 0.0269. The second kappa shape index (κ2) is 8.71. The van der Waals surface area contributed by atoms with Crippen molar-refractivity contribution in [2.45, 2.75) is 77.7 Å². The van der Waals surface area contributed by atoms with E-state index in [4.69, 9.17) is 32.9 Å². The molecule has 0 saturated heterocycles. The van der Waals surface area contributed by atoms with Crippen LogP contribution in [-0.4, -0.2) is 23.6 Å². The lowest BCUT2D eigenvalue weighted by Gasteiger charge is -2.39. The summed E-state index contributed by atoms with van der Waals surface area (Å²) in [5.41, 5.74) is 2.56. The quantitative estimate of drug-likeness (QED) is 0.471. The van der Waals surface area contributed by atoms with E-state index in [1.165, 1.54) is 6.42 Å². The molecule has 0 bridgehead atoms. The van der Waals surface area contributed by atoms with Crippen LogP contribution >= 0.6 is 23.2 Å². The summed E-state index contributed by atoms with van der Waals surface area (Å²) in [4.78, 5) is 31.6. The molecule has 3 aliphatic rings. The fourth-order valence-electron chi connectivity index (χ4n) is 5.27. The molecular formula is C25H29Cl2NO3. The Labute approximate surface area is 194 Å². The highest BCUT2D eigenvalue weighted by Gasteiger charge is 2.47. The maximum atomic E-state index is 13.5. The van der Waals surface area contributed by atoms with Crippen molar-refractivity contribution in [3.8, 4) is 0 Å². The first-order chi connectivity index (χ1) is 14.7. The van der Waals surface area contributed by atoms with Gasteiger partial charge in [-0.15, -0.1) is 0 Å². The van der Waals surface area contributed by atoms with Gasteiger partial charge in [0.05, 0.1) is 10.0 Å². The van der Waals surface area contributed by atoms with Gasteiger partial charge in [0.25, 0.3) is 0 Å². The molecule has 1 unspecified atom stereocenters. The molecule has 1 heterocycles. The number of hydrogen-bond donors (Lipinski definition) is 0. The minimum Gasteiger partial charge on any atom is -0.462 e. The molecule has 2 aliphatic carbocycles. The Hall–Kier alpha value is -1.65. The molecule has 6 heteroatoms. The third kappa shape index (κ3) is 4.47. The summed E-state index contributed by atoms with van der Waals surface area (Å²) in [5, 5.41) is 0.785. The Morgan fingerprint density at radius 2 is 1.84 bits per heavy atom. The maximum Gasteiger partial charge on any atom is 0.315 e. The summed E-state index contributed by atoms with van der Waals surface area (Å²) in [5.74, 6) is -1.50. The van der Waals surface area contributed by atoms with Crippen molar-refractivity contribution in [3.05, 3.63) is 45.1 Å². The number of hydrogen-bond acceptors (Lipinski definition) is 4. The fraction of sp³-hybridized carbons (Fsp3) is 0.560. The van der Waals surface area contributed by atoms with Gasteiger partial charge in [0.2, 0.25) is 0 Å². The summed E-state index contributed by atoms with van der Waals surface area (Å²) < 4.78 is 5.95. The number of rotatable bonds is 3. The van der Waals surface area contributed by atoms with E-state index in [2.05, 4.69) is 13.8 Å². The number of allylic oxidation sites excluding steroid dienone is 2. The Morgan fingerprint density at radius 1 is 1.13 bits per heavy atom. The highest BCUT2D eigenvalue weighted by Crippen LogP contribution is 2.50. The number of nitrogens with zero attached hydrogens (tertiary/aromatic N) is 1. The third-order valence-electron chi connectivity index (χ3n) is 6.71. The van der Waals surface area contributed by atoms with E-state index in [1.807, 2.05) is 19.1 Å². The lowest BCUT2D eigenvalue weighted by Crippen LogP contribution is -2.40. The number of esters is 1. The molecule has 0 radical (unpaired) electrons. The summed E-state index contributed by atoms with van der Waals surface area (Å²) in [6.07, 6.45) is 6.13. The first kappa shape index (κ1) is 22.5. The zero-order chi connectivity index (χ0) is 22.3. The molecule has 4 nitrogen and oxygen atoms in total. The van der Waals surface area contributed by atoms with E-state index in [0.29, 0.717) is 39.7 Å². The maximum absolute atomic E-state index is 13.5. The molecule has 0 N–H and O–H groups in total. The predicted octanol–water partition coefficient (Wildman–Crippen LogP) is 6.69. The van der Waals surface area contributed by atoms with E-state index in [1.54, 1.807) is 6.07 Å². The van der Waals surface area contributed by atoms with Gasteiger partial charge < -0.3 is 4.74 Å². The zero-order valence-corrected chi connectivity index (χ0v) is 19.9. The number of benzene rings is 1. The smallest absolute Gasteiger partial charge is 0.315 e. The molecule has 1 aromatic carbocycles. The molecular weight excluding hydrogens is 433 g/mol. The van der Waals surface area contributed by atoms with Crippen LogP contribution in [0, 0.1) is 11.3 Å². The first-order valence-electron chi connectivity index (χ1n) is 11.1. The summed E-state index contributed by atoms with van der Waals surface area (Å²) in [6.45, 7) is 6.00. The first-order valence-corrected chi connectivity index (χ1v) is 11.9. The molecule has 1 aliphatic heterocycles. The zero-order valence-electron chi connectivity index (χ0n) is 18.3. The highest BCUT2D eigenvalue weighted by atomic mass is 35.5. The van der Waals surface area contributed by atoms with Crippen molar-refractivity contribution < 1.29 is 14.3 Å². The van der Waals surface area contributed by atoms with Gasteiger partial charge in [-0.1, -0.05) is 55.6 Å². The van der Waals surface area contributed by atoms with Crippen molar-refractivity contribution in [3.63, 3.8) is 0 Å². The number of carbonyl (C=O) groups is 2. The molecule has 0 spiro atoms. The van der Waals surface area contributed by atoms with E-state index >= 15 is 0 Å². The molecule has 0 aromatic heterocycles. The van der Waals surface area contributed by atoms with Crippen molar-refractivity contribution in [2.75, 3.05) is 0 Å². The second-order valence-corrected chi connectivity index (χ2v) is 10.6. The number of carbonyl (C=O) groups excluding carboxylic acids is 2. The molecule has 1 saturated carbocycles. The number of Topliss-reactive ketones (excluding diaryl/α,β-unsaturated/α-hetero) is 1. The predicted molar refractivity (Wildman–Crippen MR) is 124 cm³/mol. The Kier molecular flexibility index (Phi) is 6.33. The molecule has 166 valence electrons. The van der Waals surface area contributed by atoms with Gasteiger partial charge in [-0.25, -0.2) is 0 Å². The average Bonchev–Trinajstić information content (AvgIpc) is 2.68. The second-order valence-electron chi connectivity index (χ2n) is 9.85. The normalized spacial score (nSPS) is 26.4. The topological polar surface area (TPSA) is 55.7 Å². The molecule has 31 heavy (non-hydrogen) atoms. The van der Waals surface area contributed by atoms with Gasteiger partial charge in [-0.2, -0.15) is 0 Å². The molecule has 4 rings (SSSR count). The third-order valence-corrected chi connectivity index (χ3v) is 7.54. The van der Waals surface area contributed by atoms with Crippen LogP contribution in [-0.2, 0) is 14.3 Å². The standard InChI is InChI=1S/C25H29Cl2NO3/c1-14-20(24(30)31-15-8-5-4-6-9-15)21(16-10-7-11-17(26)23(16)27)22-18(28-14)12-25(2,3)13-19(22)29/h7,10-11,15,20-21H,4-6,8-9,12-13H2,1-3H3/t20?,21-/m0/s1. The highest BCUT2D eigenvalue weighted by molar-refractivity contribution is 6.42. The van der Waals surface area contributed by atoms with Gasteiger partial charge in [-0.05, 0) is 56.1 Å². The van der Waals surface area contributed by atoms with Gasteiger partial charge in [0, 0.05) is 29.3 Å². The van der Waals surface area contributed by atoms with Gasteiger partial charge in [0.1, 0.15) is 12.0 Å². The Morgan fingerprint density at radius 3 is 2.55 bits per heavy atom. The van der Waals surface area contributed by atoms with E-state index in [0.717, 1.165) is 31.4 Å². The largest absolute Gasteiger partial charge is 0.462 e. The summed E-state index contributed by atoms with van der Waals surface area (Å²) in [7, 11) is 0. The van der Waals surface area contributed by atoms with Crippen molar-refractivity contribution in [1.29, 1.82) is 0 Å². The van der Waals surface area contributed by atoms with Crippen LogP contribution in [0.15, 0.2) is 34.5 Å².